The van der Waals surface area contributed by atoms with E-state index in [0.717, 1.165) is 17.0 Å². The molecule has 0 amide bonds. The lowest BCUT2D eigenvalue weighted by molar-refractivity contribution is 0.415. The molecule has 1 heterocycles. The van der Waals surface area contributed by atoms with Gasteiger partial charge < -0.3 is 9.15 Å². The quantitative estimate of drug-likeness (QED) is 0.591. The van der Waals surface area contributed by atoms with Crippen molar-refractivity contribution in [1.29, 1.82) is 0 Å². The maximum atomic E-state index is 12.1. The minimum atomic E-state index is -3.39. The van der Waals surface area contributed by atoms with Gasteiger partial charge in [-0.05, 0) is 30.3 Å². The van der Waals surface area contributed by atoms with Crippen molar-refractivity contribution in [2.75, 3.05) is 18.1 Å². The van der Waals surface area contributed by atoms with Gasteiger partial charge in [-0.15, -0.1) is 0 Å². The van der Waals surface area contributed by atoms with Crippen LogP contribution in [0.4, 0.5) is 5.69 Å². The van der Waals surface area contributed by atoms with Crippen LogP contribution in [0.3, 0.4) is 0 Å². The molecule has 0 unspecified atom stereocenters. The van der Waals surface area contributed by atoms with Gasteiger partial charge in [0.15, 0.2) is 0 Å². The van der Waals surface area contributed by atoms with Gasteiger partial charge in [0.1, 0.15) is 11.3 Å². The Morgan fingerprint density at radius 2 is 1.77 bits per heavy atom. The van der Waals surface area contributed by atoms with Gasteiger partial charge in [-0.25, -0.2) is 13.2 Å². The van der Waals surface area contributed by atoms with Crippen molar-refractivity contribution in [3.8, 4) is 5.75 Å². The Hall–Kier alpha value is -2.54. The van der Waals surface area contributed by atoms with E-state index in [-0.39, 0.29) is 0 Å². The van der Waals surface area contributed by atoms with Crippen molar-refractivity contribution in [3.05, 3.63) is 46.8 Å². The topological polar surface area (TPSA) is 85.6 Å². The number of sulfonamides is 1. The van der Waals surface area contributed by atoms with Crippen LogP contribution in [-0.2, 0) is 10.0 Å². The monoisotopic (exact) mass is 319 g/mol. The number of rotatable bonds is 3. The molecule has 0 fully saturated rings. The molecule has 114 valence electrons. The predicted octanol–water partition coefficient (Wildman–Crippen LogP) is 2.33. The van der Waals surface area contributed by atoms with E-state index in [0.29, 0.717) is 22.4 Å². The first-order valence-corrected chi connectivity index (χ1v) is 8.29. The lowest BCUT2D eigenvalue weighted by Gasteiger charge is -2.07. The van der Waals surface area contributed by atoms with Gasteiger partial charge in [-0.2, -0.15) is 0 Å². The highest BCUT2D eigenvalue weighted by Gasteiger charge is 2.10. The molecule has 3 rings (SSSR count). The number of ether oxygens (including phenoxy) is 1. The molecule has 6 nitrogen and oxygen atoms in total. The highest BCUT2D eigenvalue weighted by Crippen LogP contribution is 2.27. The molecule has 7 heteroatoms. The summed E-state index contributed by atoms with van der Waals surface area (Å²) in [5.74, 6) is 0.564. The Kier molecular flexibility index (Phi) is 3.29. The molecule has 0 aliphatic rings. The smallest absolute Gasteiger partial charge is 0.344 e. The van der Waals surface area contributed by atoms with Crippen LogP contribution < -0.4 is 15.1 Å². The average molecular weight is 319 g/mol. The average Bonchev–Trinajstić information content (AvgIpc) is 2.45. The van der Waals surface area contributed by atoms with Crippen LogP contribution in [0.25, 0.3) is 21.7 Å². The van der Waals surface area contributed by atoms with E-state index in [9.17, 15) is 13.2 Å². The van der Waals surface area contributed by atoms with Crippen molar-refractivity contribution in [2.45, 2.75) is 0 Å². The largest absolute Gasteiger partial charge is 0.497 e. The Bertz CT molecular complexity index is 1040. The van der Waals surface area contributed by atoms with E-state index < -0.39 is 15.6 Å². The van der Waals surface area contributed by atoms with E-state index in [1.807, 2.05) is 0 Å². The van der Waals surface area contributed by atoms with E-state index >= 15 is 0 Å². The van der Waals surface area contributed by atoms with Gasteiger partial charge >= 0.3 is 5.63 Å². The maximum absolute atomic E-state index is 12.1. The van der Waals surface area contributed by atoms with Crippen molar-refractivity contribution >= 4 is 37.5 Å². The summed E-state index contributed by atoms with van der Waals surface area (Å²) in [6, 6.07) is 9.96. The van der Waals surface area contributed by atoms with Gasteiger partial charge in [0.2, 0.25) is 10.0 Å². The summed E-state index contributed by atoms with van der Waals surface area (Å²) in [5.41, 5.74) is 0.153. The summed E-state index contributed by atoms with van der Waals surface area (Å²) < 4.78 is 35.3. The molecule has 0 aliphatic carbocycles. The highest BCUT2D eigenvalue weighted by molar-refractivity contribution is 7.92. The summed E-state index contributed by atoms with van der Waals surface area (Å²) in [5, 5.41) is 1.85. The minimum absolute atomic E-state index is 0.316. The number of anilines is 1. The van der Waals surface area contributed by atoms with Crippen molar-refractivity contribution in [3.63, 3.8) is 0 Å². The summed E-state index contributed by atoms with van der Waals surface area (Å²) in [6.07, 6.45) is 1.06. The second-order valence-corrected chi connectivity index (χ2v) is 6.63. The molecule has 0 bridgehead atoms. The normalized spacial score (nSPS) is 11.7. The number of nitrogens with one attached hydrogen (secondary N) is 1. The van der Waals surface area contributed by atoms with Gasteiger partial charge in [0.25, 0.3) is 0 Å². The summed E-state index contributed by atoms with van der Waals surface area (Å²) in [4.78, 5) is 12.1. The lowest BCUT2D eigenvalue weighted by atomic mass is 10.1. The third-order valence-corrected chi connectivity index (χ3v) is 3.83. The Labute approximate surface area is 126 Å². The van der Waals surface area contributed by atoms with Crippen molar-refractivity contribution in [1.82, 2.24) is 0 Å². The minimum Gasteiger partial charge on any atom is -0.497 e. The van der Waals surface area contributed by atoms with Gasteiger partial charge in [-0.1, -0.05) is 0 Å². The fraction of sp³-hybridized carbons (Fsp3) is 0.133. The molecule has 0 aliphatic heterocycles. The Morgan fingerprint density at radius 1 is 1.05 bits per heavy atom. The molecule has 0 saturated heterocycles. The number of hydrogen-bond acceptors (Lipinski definition) is 5. The van der Waals surface area contributed by atoms with Crippen LogP contribution in [0.15, 0.2) is 45.6 Å². The zero-order valence-corrected chi connectivity index (χ0v) is 12.7. The van der Waals surface area contributed by atoms with Crippen LogP contribution in [0.5, 0.6) is 5.75 Å². The molecule has 1 N–H and O–H groups in total. The van der Waals surface area contributed by atoms with Gasteiger partial charge in [0.05, 0.1) is 24.4 Å². The number of methoxy groups -OCH3 is 1. The molecule has 2 aromatic carbocycles. The molecule has 0 spiro atoms. The zero-order valence-electron chi connectivity index (χ0n) is 11.9. The second-order valence-electron chi connectivity index (χ2n) is 4.89. The first-order valence-electron chi connectivity index (χ1n) is 6.40. The Balaban J connectivity index is 2.28. The standard InChI is InChI=1S/C15H13NO5S/c1-20-10-4-6-11-12-5-3-9(16-22(2,18)19)7-14(12)21-15(17)13(11)8-10/h3-8,16H,1-2H3. The lowest BCUT2D eigenvalue weighted by Crippen LogP contribution is -2.09. The number of hydrogen-bond donors (Lipinski definition) is 1. The van der Waals surface area contributed by atoms with Crippen molar-refractivity contribution < 1.29 is 17.6 Å². The van der Waals surface area contributed by atoms with E-state index in [4.69, 9.17) is 9.15 Å². The summed E-state index contributed by atoms with van der Waals surface area (Å²) in [7, 11) is -1.87. The van der Waals surface area contributed by atoms with E-state index in [1.54, 1.807) is 30.3 Å². The van der Waals surface area contributed by atoms with Crippen LogP contribution >= 0.6 is 0 Å². The van der Waals surface area contributed by atoms with Crippen LogP contribution in [0.1, 0.15) is 0 Å². The molecular formula is C15H13NO5S. The highest BCUT2D eigenvalue weighted by atomic mass is 32.2. The third kappa shape index (κ3) is 2.62. The summed E-state index contributed by atoms with van der Waals surface area (Å²) in [6.45, 7) is 0. The Morgan fingerprint density at radius 3 is 2.45 bits per heavy atom. The van der Waals surface area contributed by atoms with Gasteiger partial charge in [-0.3, -0.25) is 4.72 Å². The van der Waals surface area contributed by atoms with Crippen LogP contribution in [0.2, 0.25) is 0 Å². The SMILES string of the molecule is COc1ccc2c(c1)c(=O)oc1cc(NS(C)(=O)=O)ccc12. The summed E-state index contributed by atoms with van der Waals surface area (Å²) >= 11 is 0. The molecular weight excluding hydrogens is 306 g/mol. The van der Waals surface area contributed by atoms with Crippen LogP contribution in [0, 0.1) is 0 Å². The molecule has 22 heavy (non-hydrogen) atoms. The first kappa shape index (κ1) is 14.4. The second kappa shape index (κ2) is 5.03. The van der Waals surface area contributed by atoms with E-state index in [1.165, 1.54) is 13.2 Å². The fourth-order valence-corrected chi connectivity index (χ4v) is 2.87. The maximum Gasteiger partial charge on any atom is 0.344 e. The van der Waals surface area contributed by atoms with Crippen molar-refractivity contribution in [2.24, 2.45) is 0 Å². The van der Waals surface area contributed by atoms with E-state index in [2.05, 4.69) is 4.72 Å². The van der Waals surface area contributed by atoms with Gasteiger partial charge in [0, 0.05) is 16.8 Å². The number of benzene rings is 2. The molecule has 3 aromatic rings. The third-order valence-electron chi connectivity index (χ3n) is 3.22. The zero-order chi connectivity index (χ0) is 15.9. The molecule has 0 saturated carbocycles. The molecule has 1 aromatic heterocycles. The molecule has 0 atom stereocenters. The number of fused-ring (bicyclic) bond motifs is 3. The fourth-order valence-electron chi connectivity index (χ4n) is 2.32. The van der Waals surface area contributed by atoms with Crippen LogP contribution in [-0.4, -0.2) is 21.8 Å². The molecule has 0 radical (unpaired) electrons. The first-order chi connectivity index (χ1) is 10.4. The predicted molar refractivity (Wildman–Crippen MR) is 85.0 cm³/mol.